The van der Waals surface area contributed by atoms with Crippen LogP contribution in [0.15, 0.2) is 36.4 Å². The molecule has 36 heavy (non-hydrogen) atoms. The largest absolute Gasteiger partial charge is 0.454 e. The third-order valence-corrected chi connectivity index (χ3v) is 7.07. The van der Waals surface area contributed by atoms with Crippen molar-refractivity contribution >= 4 is 50.7 Å². The minimum absolute atomic E-state index is 0.0205. The number of amides is 2. The van der Waals surface area contributed by atoms with Crippen LogP contribution < -0.4 is 19.1 Å². The van der Waals surface area contributed by atoms with Crippen LogP contribution in [-0.4, -0.2) is 56.3 Å². The van der Waals surface area contributed by atoms with Crippen molar-refractivity contribution in [3.05, 3.63) is 52.0 Å². The van der Waals surface area contributed by atoms with Crippen molar-refractivity contribution in [1.29, 1.82) is 0 Å². The lowest BCUT2D eigenvalue weighted by Crippen LogP contribution is -2.54. The quantitative estimate of drug-likeness (QED) is 0.528. The molecule has 196 valence electrons. The Morgan fingerprint density at radius 2 is 1.75 bits per heavy atom. The number of nitrogens with zero attached hydrogens (tertiary/aromatic N) is 2. The Bertz CT molecular complexity index is 1260. The Hall–Kier alpha value is -2.69. The monoisotopic (exact) mass is 557 g/mol. The molecule has 1 aliphatic heterocycles. The van der Waals surface area contributed by atoms with E-state index in [4.69, 9.17) is 32.7 Å². The second kappa shape index (κ2) is 10.7. The van der Waals surface area contributed by atoms with Crippen molar-refractivity contribution in [2.45, 2.75) is 45.8 Å². The maximum absolute atomic E-state index is 13.6. The van der Waals surface area contributed by atoms with Gasteiger partial charge in [0.1, 0.15) is 12.6 Å². The molecule has 0 radical (unpaired) electrons. The molecule has 0 aliphatic carbocycles. The highest BCUT2D eigenvalue weighted by Crippen LogP contribution is 2.36. The van der Waals surface area contributed by atoms with Gasteiger partial charge in [-0.3, -0.25) is 13.9 Å². The fourth-order valence-electron chi connectivity index (χ4n) is 3.54. The standard InChI is InChI=1S/C24H29Cl2N3O6S/c1-15(23(31)27-24(2,3)4)28(12-16-6-7-17(25)10-19(16)26)22(30)13-29(36(5,32)33)18-8-9-20-21(11-18)35-14-34-20/h6-11,15H,12-14H2,1-5H3,(H,27,31). The van der Waals surface area contributed by atoms with Crippen LogP contribution in [0.25, 0.3) is 0 Å². The SMILES string of the molecule is CC(C(=O)NC(C)(C)C)N(Cc1ccc(Cl)cc1Cl)C(=O)CN(c1ccc2c(c1)OCO2)S(C)(=O)=O. The fourth-order valence-corrected chi connectivity index (χ4v) is 4.85. The van der Waals surface area contributed by atoms with Gasteiger partial charge in [0.2, 0.25) is 28.6 Å². The average molecular weight is 558 g/mol. The molecule has 2 aromatic rings. The lowest BCUT2D eigenvalue weighted by atomic mass is 10.1. The smallest absolute Gasteiger partial charge is 0.244 e. The molecule has 0 aromatic heterocycles. The number of hydrogen-bond acceptors (Lipinski definition) is 6. The summed E-state index contributed by atoms with van der Waals surface area (Å²) >= 11 is 12.3. The fraction of sp³-hybridized carbons (Fsp3) is 0.417. The Kier molecular flexibility index (Phi) is 8.32. The van der Waals surface area contributed by atoms with Gasteiger partial charge in [0, 0.05) is 28.2 Å². The summed E-state index contributed by atoms with van der Waals surface area (Å²) in [6.07, 6.45) is 1.00. The number of anilines is 1. The summed E-state index contributed by atoms with van der Waals surface area (Å²) in [4.78, 5) is 27.9. The second-order valence-corrected chi connectivity index (χ2v) is 12.2. The van der Waals surface area contributed by atoms with Crippen molar-refractivity contribution in [1.82, 2.24) is 10.2 Å². The van der Waals surface area contributed by atoms with Gasteiger partial charge in [-0.2, -0.15) is 0 Å². The molecule has 2 aromatic carbocycles. The van der Waals surface area contributed by atoms with Crippen LogP contribution >= 0.6 is 23.2 Å². The van der Waals surface area contributed by atoms with Crippen molar-refractivity contribution in [3.8, 4) is 11.5 Å². The molecule has 0 fully saturated rings. The maximum Gasteiger partial charge on any atom is 0.244 e. The Balaban J connectivity index is 1.95. The van der Waals surface area contributed by atoms with Crippen LogP contribution in [0.5, 0.6) is 11.5 Å². The summed E-state index contributed by atoms with van der Waals surface area (Å²) in [5.41, 5.74) is 0.244. The lowest BCUT2D eigenvalue weighted by Gasteiger charge is -2.33. The highest BCUT2D eigenvalue weighted by Gasteiger charge is 2.32. The summed E-state index contributed by atoms with van der Waals surface area (Å²) < 4.78 is 37.0. The number of nitrogens with one attached hydrogen (secondary N) is 1. The number of carbonyl (C=O) groups is 2. The summed E-state index contributed by atoms with van der Waals surface area (Å²) in [5.74, 6) is -0.142. The molecular formula is C24H29Cl2N3O6S. The molecule has 2 amide bonds. The van der Waals surface area contributed by atoms with Gasteiger partial charge in [0.25, 0.3) is 0 Å². The number of carbonyl (C=O) groups excluding carboxylic acids is 2. The van der Waals surface area contributed by atoms with E-state index in [0.717, 1.165) is 10.6 Å². The molecule has 1 heterocycles. The molecule has 1 N–H and O–H groups in total. The minimum Gasteiger partial charge on any atom is -0.454 e. The first-order chi connectivity index (χ1) is 16.7. The van der Waals surface area contributed by atoms with E-state index in [0.29, 0.717) is 27.1 Å². The normalized spacial score (nSPS) is 13.8. The third kappa shape index (κ3) is 6.96. The van der Waals surface area contributed by atoms with Crippen molar-refractivity contribution in [3.63, 3.8) is 0 Å². The van der Waals surface area contributed by atoms with E-state index in [2.05, 4.69) is 5.32 Å². The Morgan fingerprint density at radius 1 is 1.08 bits per heavy atom. The van der Waals surface area contributed by atoms with E-state index >= 15 is 0 Å². The Labute approximate surface area is 221 Å². The highest BCUT2D eigenvalue weighted by molar-refractivity contribution is 7.92. The van der Waals surface area contributed by atoms with Gasteiger partial charge >= 0.3 is 0 Å². The predicted octanol–water partition coefficient (Wildman–Crippen LogP) is 3.82. The van der Waals surface area contributed by atoms with Gasteiger partial charge in [0.05, 0.1) is 11.9 Å². The Morgan fingerprint density at radius 3 is 2.36 bits per heavy atom. The third-order valence-electron chi connectivity index (χ3n) is 5.34. The lowest BCUT2D eigenvalue weighted by molar-refractivity contribution is -0.140. The van der Waals surface area contributed by atoms with Crippen LogP contribution in [0.2, 0.25) is 10.0 Å². The molecule has 12 heteroatoms. The van der Waals surface area contributed by atoms with Crippen molar-refractivity contribution < 1.29 is 27.5 Å². The van der Waals surface area contributed by atoms with Crippen molar-refractivity contribution in [2.75, 3.05) is 23.9 Å². The van der Waals surface area contributed by atoms with Gasteiger partial charge in [-0.25, -0.2) is 8.42 Å². The second-order valence-electron chi connectivity index (χ2n) is 9.48. The first-order valence-electron chi connectivity index (χ1n) is 11.1. The summed E-state index contributed by atoms with van der Waals surface area (Å²) in [5, 5.41) is 3.60. The van der Waals surface area contributed by atoms with Crippen molar-refractivity contribution in [2.24, 2.45) is 0 Å². The van der Waals surface area contributed by atoms with Crippen LogP contribution in [0.1, 0.15) is 33.3 Å². The topological polar surface area (TPSA) is 105 Å². The number of halogens is 2. The molecule has 1 atom stereocenters. The summed E-state index contributed by atoms with van der Waals surface area (Å²) in [7, 11) is -3.88. The first-order valence-corrected chi connectivity index (χ1v) is 13.7. The zero-order valence-corrected chi connectivity index (χ0v) is 23.0. The van der Waals surface area contributed by atoms with Gasteiger partial charge in [-0.15, -0.1) is 0 Å². The molecule has 0 saturated heterocycles. The molecule has 3 rings (SSSR count). The zero-order valence-electron chi connectivity index (χ0n) is 20.7. The number of rotatable bonds is 8. The molecule has 1 aliphatic rings. The molecule has 0 bridgehead atoms. The molecule has 1 unspecified atom stereocenters. The number of hydrogen-bond donors (Lipinski definition) is 1. The van der Waals surface area contributed by atoms with Crippen LogP contribution in [0.3, 0.4) is 0 Å². The highest BCUT2D eigenvalue weighted by atomic mass is 35.5. The van der Waals surface area contributed by atoms with E-state index in [-0.39, 0.29) is 19.0 Å². The van der Waals surface area contributed by atoms with Gasteiger partial charge in [-0.05, 0) is 57.5 Å². The molecule has 0 spiro atoms. The molecular weight excluding hydrogens is 529 g/mol. The van der Waals surface area contributed by atoms with E-state index in [1.54, 1.807) is 25.1 Å². The van der Waals surface area contributed by atoms with Gasteiger partial charge in [0.15, 0.2) is 11.5 Å². The summed E-state index contributed by atoms with van der Waals surface area (Å²) in [6.45, 7) is 6.49. The van der Waals surface area contributed by atoms with Crippen LogP contribution in [-0.2, 0) is 26.2 Å². The number of sulfonamides is 1. The number of benzene rings is 2. The van der Waals surface area contributed by atoms with Gasteiger partial charge < -0.3 is 19.7 Å². The molecule has 0 saturated carbocycles. The predicted molar refractivity (Wildman–Crippen MR) is 139 cm³/mol. The van der Waals surface area contributed by atoms with E-state index < -0.39 is 40.0 Å². The van der Waals surface area contributed by atoms with Crippen LogP contribution in [0.4, 0.5) is 5.69 Å². The van der Waals surface area contributed by atoms with Crippen LogP contribution in [0, 0.1) is 0 Å². The number of ether oxygens (including phenoxy) is 2. The average Bonchev–Trinajstić information content (AvgIpc) is 3.22. The summed E-state index contributed by atoms with van der Waals surface area (Å²) in [6, 6.07) is 8.49. The first kappa shape index (κ1) is 27.9. The van der Waals surface area contributed by atoms with Gasteiger partial charge in [-0.1, -0.05) is 29.3 Å². The number of fused-ring (bicyclic) bond motifs is 1. The zero-order chi connectivity index (χ0) is 26.8. The van der Waals surface area contributed by atoms with E-state index in [1.807, 2.05) is 20.8 Å². The minimum atomic E-state index is -3.88. The maximum atomic E-state index is 13.6. The van der Waals surface area contributed by atoms with E-state index in [9.17, 15) is 18.0 Å². The van der Waals surface area contributed by atoms with E-state index in [1.165, 1.54) is 23.1 Å². The molecule has 9 nitrogen and oxygen atoms in total.